The van der Waals surface area contributed by atoms with Gasteiger partial charge >= 0.3 is 0 Å². The van der Waals surface area contributed by atoms with E-state index in [9.17, 15) is 14.0 Å². The number of hydrogen-bond acceptors (Lipinski definition) is 4. The topological polar surface area (TPSA) is 49.4 Å². The second-order valence-corrected chi connectivity index (χ2v) is 8.17. The Hall–Kier alpha value is -2.90. The number of rotatable bonds is 5. The molecule has 29 heavy (non-hydrogen) atoms. The van der Waals surface area contributed by atoms with E-state index in [0.29, 0.717) is 11.4 Å². The van der Waals surface area contributed by atoms with Crippen molar-refractivity contribution in [2.45, 2.75) is 4.90 Å². The summed E-state index contributed by atoms with van der Waals surface area (Å²) in [6.45, 7) is 0. The maximum Gasteiger partial charge on any atom is 0.283 e. The van der Waals surface area contributed by atoms with Crippen molar-refractivity contribution in [2.75, 3.05) is 10.2 Å². The molecule has 144 valence electrons. The lowest BCUT2D eigenvalue weighted by molar-refractivity contribution is -0.120. The summed E-state index contributed by atoms with van der Waals surface area (Å²) in [6, 6.07) is 21.9. The number of thioether (sulfide) groups is 1. The van der Waals surface area contributed by atoms with Crippen molar-refractivity contribution < 1.29 is 14.0 Å². The number of nitrogens with one attached hydrogen (secondary N) is 1. The van der Waals surface area contributed by atoms with Crippen LogP contribution in [0, 0.1) is 5.82 Å². The van der Waals surface area contributed by atoms with Gasteiger partial charge in [0.15, 0.2) is 0 Å². The Morgan fingerprint density at radius 1 is 0.828 bits per heavy atom. The minimum atomic E-state index is -0.483. The molecular formula is C22H14BrFN2O2S. The quantitative estimate of drug-likeness (QED) is 0.496. The van der Waals surface area contributed by atoms with Gasteiger partial charge in [-0.15, -0.1) is 0 Å². The van der Waals surface area contributed by atoms with E-state index in [1.54, 1.807) is 12.1 Å². The lowest BCUT2D eigenvalue weighted by Crippen LogP contribution is -2.32. The van der Waals surface area contributed by atoms with E-state index in [4.69, 9.17) is 0 Å². The summed E-state index contributed by atoms with van der Waals surface area (Å²) in [5.41, 5.74) is 1.19. The summed E-state index contributed by atoms with van der Waals surface area (Å²) in [7, 11) is 0. The van der Waals surface area contributed by atoms with Crippen molar-refractivity contribution in [1.29, 1.82) is 0 Å². The molecule has 0 aliphatic carbocycles. The van der Waals surface area contributed by atoms with Crippen molar-refractivity contribution in [3.8, 4) is 0 Å². The highest BCUT2D eigenvalue weighted by molar-refractivity contribution is 9.10. The summed E-state index contributed by atoms with van der Waals surface area (Å²) in [5, 5.41) is 3.08. The van der Waals surface area contributed by atoms with Crippen molar-refractivity contribution in [3.05, 3.63) is 99.8 Å². The summed E-state index contributed by atoms with van der Waals surface area (Å²) >= 11 is 4.59. The van der Waals surface area contributed by atoms with E-state index in [1.165, 1.54) is 36.0 Å². The molecule has 1 N–H and O–H groups in total. The van der Waals surface area contributed by atoms with Crippen LogP contribution in [0.2, 0.25) is 0 Å². The molecule has 0 unspecified atom stereocenters. The second kappa shape index (κ2) is 8.23. The van der Waals surface area contributed by atoms with Crippen LogP contribution in [0.3, 0.4) is 0 Å². The molecule has 0 saturated heterocycles. The van der Waals surface area contributed by atoms with Crippen molar-refractivity contribution in [3.63, 3.8) is 0 Å². The van der Waals surface area contributed by atoms with Crippen LogP contribution in [-0.4, -0.2) is 11.8 Å². The molecule has 0 radical (unpaired) electrons. The third kappa shape index (κ3) is 4.11. The lowest BCUT2D eigenvalue weighted by Gasteiger charge is -2.15. The first-order valence-corrected chi connectivity index (χ1v) is 10.3. The zero-order valence-corrected chi connectivity index (χ0v) is 17.3. The minimum Gasteiger partial charge on any atom is -0.350 e. The van der Waals surface area contributed by atoms with Gasteiger partial charge in [0.25, 0.3) is 11.8 Å². The van der Waals surface area contributed by atoms with Gasteiger partial charge in [-0.3, -0.25) is 9.59 Å². The Morgan fingerprint density at radius 3 is 2.14 bits per heavy atom. The van der Waals surface area contributed by atoms with Crippen LogP contribution in [0.5, 0.6) is 0 Å². The third-order valence-electron chi connectivity index (χ3n) is 4.20. The normalized spacial score (nSPS) is 13.9. The number of amides is 2. The molecule has 2 amide bonds. The number of anilines is 2. The number of benzene rings is 3. The molecule has 1 aliphatic rings. The molecule has 1 heterocycles. The van der Waals surface area contributed by atoms with Crippen molar-refractivity contribution in [2.24, 2.45) is 0 Å². The van der Waals surface area contributed by atoms with E-state index >= 15 is 0 Å². The van der Waals surface area contributed by atoms with Crippen LogP contribution >= 0.6 is 27.7 Å². The SMILES string of the molecule is O=C1C(Nc2ccc(Br)cc2)=C(Sc2ccccc2)C(=O)N1c1ccc(F)cc1. The van der Waals surface area contributed by atoms with Crippen molar-refractivity contribution >= 4 is 50.9 Å². The highest BCUT2D eigenvalue weighted by Crippen LogP contribution is 2.37. The third-order valence-corrected chi connectivity index (χ3v) is 5.82. The number of halogens is 2. The van der Waals surface area contributed by atoms with Gasteiger partial charge < -0.3 is 5.32 Å². The summed E-state index contributed by atoms with van der Waals surface area (Å²) < 4.78 is 14.2. The van der Waals surface area contributed by atoms with Crippen LogP contribution in [-0.2, 0) is 9.59 Å². The highest BCUT2D eigenvalue weighted by Gasteiger charge is 2.40. The number of carbonyl (C=O) groups excluding carboxylic acids is 2. The van der Waals surface area contributed by atoms with Gasteiger partial charge in [0.05, 0.1) is 5.69 Å². The lowest BCUT2D eigenvalue weighted by atomic mass is 10.3. The fourth-order valence-corrected chi connectivity index (χ4v) is 4.04. The van der Waals surface area contributed by atoms with Crippen LogP contribution < -0.4 is 10.2 Å². The Bertz CT molecular complexity index is 1100. The van der Waals surface area contributed by atoms with Crippen LogP contribution in [0.15, 0.2) is 98.8 Å². The van der Waals surface area contributed by atoms with E-state index in [0.717, 1.165) is 14.3 Å². The predicted molar refractivity (Wildman–Crippen MR) is 116 cm³/mol. The first kappa shape index (κ1) is 19.4. The average molecular weight is 469 g/mol. The summed E-state index contributed by atoms with van der Waals surface area (Å²) in [5.74, 6) is -1.37. The number of nitrogens with zero attached hydrogens (tertiary/aromatic N) is 1. The molecule has 0 fully saturated rings. The van der Waals surface area contributed by atoms with E-state index in [1.807, 2.05) is 42.5 Å². The van der Waals surface area contributed by atoms with Crippen molar-refractivity contribution in [1.82, 2.24) is 0 Å². The van der Waals surface area contributed by atoms with Gasteiger partial charge in [-0.05, 0) is 60.7 Å². The maximum atomic E-state index is 13.3. The maximum absolute atomic E-state index is 13.3. The molecule has 0 saturated carbocycles. The number of hydrogen-bond donors (Lipinski definition) is 1. The molecule has 0 atom stereocenters. The van der Waals surface area contributed by atoms with E-state index in [-0.39, 0.29) is 10.6 Å². The Morgan fingerprint density at radius 2 is 1.48 bits per heavy atom. The van der Waals surface area contributed by atoms with Gasteiger partial charge in [0.2, 0.25) is 0 Å². The molecule has 0 aromatic heterocycles. The first-order valence-electron chi connectivity index (χ1n) is 8.67. The highest BCUT2D eigenvalue weighted by atomic mass is 79.9. The molecule has 0 bridgehead atoms. The zero-order valence-electron chi connectivity index (χ0n) is 14.9. The Kier molecular flexibility index (Phi) is 5.51. The molecule has 3 aromatic carbocycles. The largest absolute Gasteiger partial charge is 0.350 e. The monoisotopic (exact) mass is 468 g/mol. The Labute approximate surface area is 179 Å². The predicted octanol–water partition coefficient (Wildman–Crippen LogP) is 5.58. The van der Waals surface area contributed by atoms with Gasteiger partial charge in [0.1, 0.15) is 16.4 Å². The minimum absolute atomic E-state index is 0.190. The summed E-state index contributed by atoms with van der Waals surface area (Å²) in [4.78, 5) is 28.5. The fraction of sp³-hybridized carbons (Fsp3) is 0. The fourth-order valence-electron chi connectivity index (χ4n) is 2.82. The standard InChI is InChI=1S/C22H14BrFN2O2S/c23-14-6-10-16(11-7-14)25-19-20(29-18-4-2-1-3-5-18)22(28)26(21(19)27)17-12-8-15(24)9-13-17/h1-13,25H. The molecule has 0 spiro atoms. The average Bonchev–Trinajstić information content (AvgIpc) is 2.95. The second-order valence-electron chi connectivity index (χ2n) is 6.17. The molecule has 3 aromatic rings. The van der Waals surface area contributed by atoms with E-state index in [2.05, 4.69) is 21.2 Å². The van der Waals surface area contributed by atoms with Gasteiger partial charge in [0, 0.05) is 15.1 Å². The van der Waals surface area contributed by atoms with Crippen LogP contribution in [0.1, 0.15) is 0 Å². The van der Waals surface area contributed by atoms with Gasteiger partial charge in [-0.1, -0.05) is 45.9 Å². The molecule has 4 nitrogen and oxygen atoms in total. The summed E-state index contributed by atoms with van der Waals surface area (Å²) in [6.07, 6.45) is 0. The van der Waals surface area contributed by atoms with Gasteiger partial charge in [-0.25, -0.2) is 9.29 Å². The van der Waals surface area contributed by atoms with E-state index < -0.39 is 17.6 Å². The van der Waals surface area contributed by atoms with Gasteiger partial charge in [-0.2, -0.15) is 0 Å². The van der Waals surface area contributed by atoms with Crippen LogP contribution in [0.25, 0.3) is 0 Å². The molecule has 7 heteroatoms. The molecular weight excluding hydrogens is 455 g/mol. The zero-order chi connectivity index (χ0) is 20.4. The molecule has 1 aliphatic heterocycles. The van der Waals surface area contributed by atoms with Crippen LogP contribution in [0.4, 0.5) is 15.8 Å². The number of imide groups is 1. The number of carbonyl (C=O) groups is 2. The Balaban J connectivity index is 1.73. The smallest absolute Gasteiger partial charge is 0.283 e. The first-order chi connectivity index (χ1) is 14.0. The molecule has 4 rings (SSSR count).